The number of benzene rings is 1. The minimum atomic E-state index is -0.420. The van der Waals surface area contributed by atoms with E-state index in [-0.39, 0.29) is 5.41 Å². The van der Waals surface area contributed by atoms with Crippen LogP contribution < -0.4 is 5.32 Å². The molecule has 1 N–H and O–H groups in total. The maximum atomic E-state index is 9.69. The van der Waals surface area contributed by atoms with Gasteiger partial charge in [0.05, 0.1) is 6.07 Å². The zero-order chi connectivity index (χ0) is 14.1. The van der Waals surface area contributed by atoms with Crippen LogP contribution in [0.3, 0.4) is 0 Å². The monoisotopic (exact) mass is 256 g/mol. The third-order valence-electron chi connectivity index (χ3n) is 4.03. The SMILES string of the molecule is Cc1ccc(NC2(C#N)CC(C)CC(C)(C)C2)cc1. The van der Waals surface area contributed by atoms with Gasteiger partial charge in [-0.05, 0) is 49.7 Å². The molecule has 1 aromatic rings. The summed E-state index contributed by atoms with van der Waals surface area (Å²) < 4.78 is 0. The zero-order valence-corrected chi connectivity index (χ0v) is 12.5. The van der Waals surface area contributed by atoms with Crippen LogP contribution in [-0.4, -0.2) is 5.54 Å². The van der Waals surface area contributed by atoms with E-state index in [9.17, 15) is 5.26 Å². The molecular formula is C17H24N2. The van der Waals surface area contributed by atoms with Gasteiger partial charge in [0, 0.05) is 5.69 Å². The van der Waals surface area contributed by atoms with Crippen molar-refractivity contribution >= 4 is 5.69 Å². The second kappa shape index (κ2) is 4.89. The van der Waals surface area contributed by atoms with Crippen LogP contribution in [0.15, 0.2) is 24.3 Å². The summed E-state index contributed by atoms with van der Waals surface area (Å²) in [6, 6.07) is 10.9. The molecular weight excluding hydrogens is 232 g/mol. The Kier molecular flexibility index (Phi) is 3.58. The molecule has 0 aromatic heterocycles. The van der Waals surface area contributed by atoms with Crippen molar-refractivity contribution in [2.75, 3.05) is 5.32 Å². The summed E-state index contributed by atoms with van der Waals surface area (Å²) in [6.45, 7) is 8.87. The average Bonchev–Trinajstić information content (AvgIpc) is 2.29. The number of nitrogens with zero attached hydrogens (tertiary/aromatic N) is 1. The lowest BCUT2D eigenvalue weighted by Gasteiger charge is -2.44. The van der Waals surface area contributed by atoms with Gasteiger partial charge >= 0.3 is 0 Å². The van der Waals surface area contributed by atoms with Crippen molar-refractivity contribution in [3.8, 4) is 6.07 Å². The summed E-state index contributed by atoms with van der Waals surface area (Å²) in [7, 11) is 0. The Balaban J connectivity index is 2.23. The van der Waals surface area contributed by atoms with Crippen LogP contribution in [0.1, 0.15) is 45.6 Å². The van der Waals surface area contributed by atoms with E-state index in [0.29, 0.717) is 5.92 Å². The van der Waals surface area contributed by atoms with Gasteiger partial charge < -0.3 is 5.32 Å². The third-order valence-corrected chi connectivity index (χ3v) is 4.03. The molecule has 0 bridgehead atoms. The molecule has 2 atom stereocenters. The van der Waals surface area contributed by atoms with E-state index in [0.717, 1.165) is 18.5 Å². The van der Waals surface area contributed by atoms with Crippen molar-refractivity contribution in [3.05, 3.63) is 29.8 Å². The fraction of sp³-hybridized carbons (Fsp3) is 0.588. The van der Waals surface area contributed by atoms with Gasteiger partial charge in [-0.1, -0.05) is 38.5 Å². The van der Waals surface area contributed by atoms with Crippen molar-refractivity contribution < 1.29 is 0 Å². The van der Waals surface area contributed by atoms with Crippen LogP contribution in [0, 0.1) is 29.6 Å². The maximum absolute atomic E-state index is 9.69. The van der Waals surface area contributed by atoms with Gasteiger partial charge in [-0.2, -0.15) is 5.26 Å². The fourth-order valence-corrected chi connectivity index (χ4v) is 3.69. The van der Waals surface area contributed by atoms with Gasteiger partial charge in [0.25, 0.3) is 0 Å². The van der Waals surface area contributed by atoms with Gasteiger partial charge in [-0.3, -0.25) is 0 Å². The molecule has 1 fully saturated rings. The first kappa shape index (κ1) is 13.9. The topological polar surface area (TPSA) is 35.8 Å². The lowest BCUT2D eigenvalue weighted by atomic mass is 9.64. The summed E-state index contributed by atoms with van der Waals surface area (Å²) in [4.78, 5) is 0. The Morgan fingerprint density at radius 1 is 1.21 bits per heavy atom. The highest BCUT2D eigenvalue weighted by Gasteiger charge is 2.43. The van der Waals surface area contributed by atoms with Crippen LogP contribution in [0.5, 0.6) is 0 Å². The molecule has 2 unspecified atom stereocenters. The van der Waals surface area contributed by atoms with Crippen molar-refractivity contribution in [1.82, 2.24) is 0 Å². The maximum Gasteiger partial charge on any atom is 0.126 e. The van der Waals surface area contributed by atoms with E-state index < -0.39 is 5.54 Å². The minimum Gasteiger partial charge on any atom is -0.367 e. The second-order valence-electron chi connectivity index (χ2n) is 7.04. The van der Waals surface area contributed by atoms with Gasteiger partial charge in [0.1, 0.15) is 5.54 Å². The number of hydrogen-bond donors (Lipinski definition) is 1. The summed E-state index contributed by atoms with van der Waals surface area (Å²) >= 11 is 0. The molecule has 0 saturated heterocycles. The normalized spacial score (nSPS) is 29.5. The molecule has 0 spiro atoms. The van der Waals surface area contributed by atoms with Crippen LogP contribution in [-0.2, 0) is 0 Å². The number of hydrogen-bond acceptors (Lipinski definition) is 2. The van der Waals surface area contributed by atoms with Crippen LogP contribution in [0.25, 0.3) is 0 Å². The van der Waals surface area contributed by atoms with E-state index in [1.807, 2.05) is 0 Å². The number of nitrogens with one attached hydrogen (secondary N) is 1. The number of nitriles is 1. The van der Waals surface area contributed by atoms with Crippen LogP contribution >= 0.6 is 0 Å². The molecule has 1 aliphatic rings. The molecule has 0 heterocycles. The van der Waals surface area contributed by atoms with E-state index in [2.05, 4.69) is 63.3 Å². The average molecular weight is 256 g/mol. The molecule has 1 saturated carbocycles. The predicted molar refractivity (Wildman–Crippen MR) is 79.9 cm³/mol. The summed E-state index contributed by atoms with van der Waals surface area (Å²) in [5.74, 6) is 0.585. The highest BCUT2D eigenvalue weighted by atomic mass is 15.0. The first-order valence-corrected chi connectivity index (χ1v) is 7.10. The summed E-state index contributed by atoms with van der Waals surface area (Å²) in [5, 5.41) is 13.2. The molecule has 0 radical (unpaired) electrons. The van der Waals surface area contributed by atoms with Crippen molar-refractivity contribution in [2.24, 2.45) is 11.3 Å². The molecule has 1 aromatic carbocycles. The fourth-order valence-electron chi connectivity index (χ4n) is 3.69. The molecule has 19 heavy (non-hydrogen) atoms. The Bertz CT molecular complexity index is 481. The number of aryl methyl sites for hydroxylation is 1. The van der Waals surface area contributed by atoms with Gasteiger partial charge in [0.15, 0.2) is 0 Å². The highest BCUT2D eigenvalue weighted by molar-refractivity contribution is 5.49. The van der Waals surface area contributed by atoms with E-state index >= 15 is 0 Å². The van der Waals surface area contributed by atoms with E-state index in [4.69, 9.17) is 0 Å². The molecule has 0 amide bonds. The molecule has 2 rings (SSSR count). The molecule has 2 heteroatoms. The van der Waals surface area contributed by atoms with Crippen LogP contribution in [0.4, 0.5) is 5.69 Å². The number of anilines is 1. The third kappa shape index (κ3) is 3.29. The van der Waals surface area contributed by atoms with Crippen molar-refractivity contribution in [1.29, 1.82) is 5.26 Å². The van der Waals surface area contributed by atoms with Crippen molar-refractivity contribution in [3.63, 3.8) is 0 Å². The standard InChI is InChI=1S/C17H24N2/c1-13-5-7-15(8-6-13)19-17(12-18)10-14(2)9-16(3,4)11-17/h5-8,14,19H,9-11H2,1-4H3. The Labute approximate surface area is 116 Å². The Hall–Kier alpha value is -1.49. The molecule has 0 aliphatic heterocycles. The van der Waals surface area contributed by atoms with Gasteiger partial charge in [-0.25, -0.2) is 0 Å². The van der Waals surface area contributed by atoms with E-state index in [1.54, 1.807) is 0 Å². The molecule has 1 aliphatic carbocycles. The van der Waals surface area contributed by atoms with E-state index in [1.165, 1.54) is 12.0 Å². The lowest BCUT2D eigenvalue weighted by Crippen LogP contribution is -2.46. The molecule has 2 nitrogen and oxygen atoms in total. The second-order valence-corrected chi connectivity index (χ2v) is 7.04. The quantitative estimate of drug-likeness (QED) is 0.844. The number of rotatable bonds is 2. The van der Waals surface area contributed by atoms with Crippen molar-refractivity contribution in [2.45, 2.75) is 52.5 Å². The first-order chi connectivity index (χ1) is 8.84. The highest BCUT2D eigenvalue weighted by Crippen LogP contribution is 2.45. The minimum absolute atomic E-state index is 0.227. The van der Waals surface area contributed by atoms with Gasteiger partial charge in [-0.15, -0.1) is 0 Å². The largest absolute Gasteiger partial charge is 0.367 e. The smallest absolute Gasteiger partial charge is 0.126 e. The lowest BCUT2D eigenvalue weighted by molar-refractivity contribution is 0.149. The predicted octanol–water partition coefficient (Wildman–Crippen LogP) is 4.52. The first-order valence-electron chi connectivity index (χ1n) is 7.10. The summed E-state index contributed by atoms with van der Waals surface area (Å²) in [6.07, 6.45) is 3.04. The Morgan fingerprint density at radius 2 is 1.84 bits per heavy atom. The van der Waals surface area contributed by atoms with Crippen LogP contribution in [0.2, 0.25) is 0 Å². The molecule has 102 valence electrons. The zero-order valence-electron chi connectivity index (χ0n) is 12.5. The van der Waals surface area contributed by atoms with Gasteiger partial charge in [0.2, 0.25) is 0 Å². The Morgan fingerprint density at radius 3 is 2.37 bits per heavy atom. The summed E-state index contributed by atoms with van der Waals surface area (Å²) in [5.41, 5.74) is 2.10.